The van der Waals surface area contributed by atoms with Crippen LogP contribution in [0, 0.1) is 17.3 Å². The lowest BCUT2D eigenvalue weighted by Crippen LogP contribution is -2.37. The summed E-state index contributed by atoms with van der Waals surface area (Å²) in [6.07, 6.45) is 0. The van der Waals surface area contributed by atoms with E-state index in [-0.39, 0.29) is 12.5 Å². The lowest BCUT2D eigenvalue weighted by Gasteiger charge is -2.32. The summed E-state index contributed by atoms with van der Waals surface area (Å²) >= 11 is 0. The van der Waals surface area contributed by atoms with Crippen LogP contribution in [0.25, 0.3) is 0 Å². The van der Waals surface area contributed by atoms with Crippen molar-refractivity contribution in [3.05, 3.63) is 0 Å². The van der Waals surface area contributed by atoms with E-state index < -0.39 is 17.3 Å². The number of carbonyl (C=O) groups is 1. The van der Waals surface area contributed by atoms with Crippen molar-refractivity contribution in [3.8, 4) is 0 Å². The molecule has 0 radical (unpaired) electrons. The average molecular weight is 174 g/mol. The number of hydrogen-bond donors (Lipinski definition) is 2. The second-order valence-corrected chi connectivity index (χ2v) is 4.21. The van der Waals surface area contributed by atoms with Crippen LogP contribution in [0.15, 0.2) is 0 Å². The maximum absolute atomic E-state index is 10.8. The van der Waals surface area contributed by atoms with E-state index in [4.69, 9.17) is 10.2 Å². The number of aliphatic carboxylic acids is 1. The van der Waals surface area contributed by atoms with Crippen LogP contribution in [0.1, 0.15) is 27.7 Å². The van der Waals surface area contributed by atoms with E-state index in [9.17, 15) is 4.79 Å². The van der Waals surface area contributed by atoms with Gasteiger partial charge in [-0.15, -0.1) is 0 Å². The maximum Gasteiger partial charge on any atom is 0.307 e. The summed E-state index contributed by atoms with van der Waals surface area (Å²) in [6, 6.07) is 0. The van der Waals surface area contributed by atoms with Crippen LogP contribution in [0.4, 0.5) is 0 Å². The standard InChI is InChI=1S/C9H18O3/c1-6(2)7(8(11)12)9(3,4)5-10/h6-7,10H,5H2,1-4H3,(H,11,12). The molecule has 0 heterocycles. The Balaban J connectivity index is 4.62. The van der Waals surface area contributed by atoms with Crippen LogP contribution in [-0.2, 0) is 4.79 Å². The molecule has 0 aliphatic carbocycles. The zero-order valence-electron chi connectivity index (χ0n) is 8.16. The molecular formula is C9H18O3. The van der Waals surface area contributed by atoms with Crippen molar-refractivity contribution in [1.82, 2.24) is 0 Å². The third-order valence-corrected chi connectivity index (χ3v) is 2.18. The van der Waals surface area contributed by atoms with Gasteiger partial charge >= 0.3 is 5.97 Å². The summed E-state index contributed by atoms with van der Waals surface area (Å²) in [5.41, 5.74) is -0.542. The Morgan fingerprint density at radius 1 is 1.42 bits per heavy atom. The first-order valence-corrected chi connectivity index (χ1v) is 4.16. The summed E-state index contributed by atoms with van der Waals surface area (Å²) in [4.78, 5) is 10.8. The molecule has 0 fully saturated rings. The van der Waals surface area contributed by atoms with E-state index in [1.165, 1.54) is 0 Å². The molecule has 0 aliphatic heterocycles. The third kappa shape index (κ3) is 2.48. The Kier molecular flexibility index (Phi) is 3.71. The molecule has 0 aromatic rings. The first-order valence-electron chi connectivity index (χ1n) is 4.16. The molecule has 0 saturated carbocycles. The molecule has 0 bridgehead atoms. The lowest BCUT2D eigenvalue weighted by molar-refractivity contribution is -0.149. The van der Waals surface area contributed by atoms with Crippen LogP contribution in [0.2, 0.25) is 0 Å². The van der Waals surface area contributed by atoms with E-state index in [1.807, 2.05) is 13.8 Å². The lowest BCUT2D eigenvalue weighted by atomic mass is 9.73. The molecule has 3 heteroatoms. The van der Waals surface area contributed by atoms with Gasteiger partial charge in [-0.05, 0) is 5.92 Å². The van der Waals surface area contributed by atoms with Gasteiger partial charge in [0.25, 0.3) is 0 Å². The summed E-state index contributed by atoms with van der Waals surface area (Å²) in [6.45, 7) is 7.16. The number of aliphatic hydroxyl groups excluding tert-OH is 1. The van der Waals surface area contributed by atoms with Crippen LogP contribution in [0.5, 0.6) is 0 Å². The van der Waals surface area contributed by atoms with Gasteiger partial charge in [0, 0.05) is 12.0 Å². The zero-order chi connectivity index (χ0) is 9.94. The monoisotopic (exact) mass is 174 g/mol. The van der Waals surface area contributed by atoms with Gasteiger partial charge < -0.3 is 10.2 Å². The molecule has 0 aromatic carbocycles. The predicted molar refractivity (Wildman–Crippen MR) is 46.8 cm³/mol. The first-order chi connectivity index (χ1) is 5.33. The zero-order valence-corrected chi connectivity index (χ0v) is 8.16. The Hall–Kier alpha value is -0.570. The molecule has 0 aromatic heterocycles. The van der Waals surface area contributed by atoms with Gasteiger partial charge in [0.1, 0.15) is 0 Å². The highest BCUT2D eigenvalue weighted by Gasteiger charge is 2.36. The molecule has 0 aliphatic rings. The van der Waals surface area contributed by atoms with Crippen molar-refractivity contribution in [2.24, 2.45) is 17.3 Å². The smallest absolute Gasteiger partial charge is 0.307 e. The van der Waals surface area contributed by atoms with Gasteiger partial charge in [-0.3, -0.25) is 4.79 Å². The van der Waals surface area contributed by atoms with Crippen LogP contribution in [0.3, 0.4) is 0 Å². The van der Waals surface area contributed by atoms with Gasteiger partial charge in [-0.25, -0.2) is 0 Å². The summed E-state index contributed by atoms with van der Waals surface area (Å²) in [5, 5.41) is 17.9. The van der Waals surface area contributed by atoms with Gasteiger partial charge in [-0.2, -0.15) is 0 Å². The quantitative estimate of drug-likeness (QED) is 0.676. The van der Waals surface area contributed by atoms with E-state index in [0.29, 0.717) is 0 Å². The van der Waals surface area contributed by atoms with Crippen molar-refractivity contribution in [3.63, 3.8) is 0 Å². The van der Waals surface area contributed by atoms with E-state index in [1.54, 1.807) is 13.8 Å². The van der Waals surface area contributed by atoms with Crippen molar-refractivity contribution in [2.45, 2.75) is 27.7 Å². The molecule has 3 nitrogen and oxygen atoms in total. The number of carboxylic acids is 1. The molecule has 0 amide bonds. The fraction of sp³-hybridized carbons (Fsp3) is 0.889. The third-order valence-electron chi connectivity index (χ3n) is 2.18. The summed E-state index contributed by atoms with van der Waals surface area (Å²) in [5.74, 6) is -1.27. The highest BCUT2D eigenvalue weighted by molar-refractivity contribution is 5.71. The molecule has 2 N–H and O–H groups in total. The normalized spacial score (nSPS) is 14.8. The highest BCUT2D eigenvalue weighted by atomic mass is 16.4. The average Bonchev–Trinajstić information content (AvgIpc) is 1.84. The minimum atomic E-state index is -0.830. The molecule has 1 unspecified atom stereocenters. The molecule has 0 spiro atoms. The number of carboxylic acid groups (broad SMARTS) is 1. The fourth-order valence-electron chi connectivity index (χ4n) is 1.62. The van der Waals surface area contributed by atoms with Gasteiger partial charge in [0.05, 0.1) is 5.92 Å². The van der Waals surface area contributed by atoms with Crippen LogP contribution < -0.4 is 0 Å². The Bertz CT molecular complexity index is 161. The fourth-order valence-corrected chi connectivity index (χ4v) is 1.62. The number of hydrogen-bond acceptors (Lipinski definition) is 2. The maximum atomic E-state index is 10.8. The largest absolute Gasteiger partial charge is 0.481 e. The van der Waals surface area contributed by atoms with Crippen LogP contribution >= 0.6 is 0 Å². The molecule has 72 valence electrons. The minimum Gasteiger partial charge on any atom is -0.481 e. The second-order valence-electron chi connectivity index (χ2n) is 4.21. The van der Waals surface area contributed by atoms with E-state index in [2.05, 4.69) is 0 Å². The second kappa shape index (κ2) is 3.90. The Labute approximate surface area is 73.4 Å². The van der Waals surface area contributed by atoms with Gasteiger partial charge in [0.2, 0.25) is 0 Å². The highest BCUT2D eigenvalue weighted by Crippen LogP contribution is 2.32. The Morgan fingerprint density at radius 3 is 1.92 bits per heavy atom. The molecule has 0 saturated heterocycles. The van der Waals surface area contributed by atoms with Crippen LogP contribution in [-0.4, -0.2) is 22.8 Å². The summed E-state index contributed by atoms with van der Waals surface area (Å²) in [7, 11) is 0. The number of aliphatic hydroxyl groups is 1. The molecular weight excluding hydrogens is 156 g/mol. The van der Waals surface area contributed by atoms with E-state index >= 15 is 0 Å². The Morgan fingerprint density at radius 2 is 1.83 bits per heavy atom. The van der Waals surface area contributed by atoms with Gasteiger partial charge in [-0.1, -0.05) is 27.7 Å². The minimum absolute atomic E-state index is 0.0460. The topological polar surface area (TPSA) is 57.5 Å². The molecule has 1 atom stereocenters. The van der Waals surface area contributed by atoms with Crippen molar-refractivity contribution in [2.75, 3.05) is 6.61 Å². The van der Waals surface area contributed by atoms with E-state index in [0.717, 1.165) is 0 Å². The van der Waals surface area contributed by atoms with Gasteiger partial charge in [0.15, 0.2) is 0 Å². The van der Waals surface area contributed by atoms with Crippen molar-refractivity contribution in [1.29, 1.82) is 0 Å². The number of rotatable bonds is 4. The molecule has 12 heavy (non-hydrogen) atoms. The SMILES string of the molecule is CC(C)C(C(=O)O)C(C)(C)CO. The molecule has 0 rings (SSSR count). The summed E-state index contributed by atoms with van der Waals surface area (Å²) < 4.78 is 0. The predicted octanol–water partition coefficient (Wildman–Crippen LogP) is 1.36. The van der Waals surface area contributed by atoms with Crippen molar-refractivity contribution < 1.29 is 15.0 Å². The first kappa shape index (κ1) is 11.4. The van der Waals surface area contributed by atoms with Crippen molar-refractivity contribution >= 4 is 5.97 Å².